The minimum absolute atomic E-state index is 0.0749. The van der Waals surface area contributed by atoms with E-state index in [1.54, 1.807) is 0 Å². The number of benzene rings is 1. The predicted molar refractivity (Wildman–Crippen MR) is 83.4 cm³/mol. The van der Waals surface area contributed by atoms with Crippen LogP contribution in [0.3, 0.4) is 0 Å². The summed E-state index contributed by atoms with van der Waals surface area (Å²) in [6, 6.07) is 6.17. The van der Waals surface area contributed by atoms with E-state index < -0.39 is 0 Å². The van der Waals surface area contributed by atoms with Gasteiger partial charge in [0, 0.05) is 16.6 Å². The molecule has 4 heteroatoms. The van der Waals surface area contributed by atoms with Crippen molar-refractivity contribution in [3.8, 4) is 0 Å². The minimum Gasteiger partial charge on any atom is -0.398 e. The van der Waals surface area contributed by atoms with Crippen LogP contribution in [0.15, 0.2) is 23.1 Å². The van der Waals surface area contributed by atoms with Gasteiger partial charge in [-0.1, -0.05) is 19.4 Å². The lowest BCUT2D eigenvalue weighted by Gasteiger charge is -2.17. The number of aryl methyl sites for hydroxylation is 1. The summed E-state index contributed by atoms with van der Waals surface area (Å²) in [5, 5.41) is 2.90. The monoisotopic (exact) mass is 280 g/mol. The zero-order chi connectivity index (χ0) is 14.4. The van der Waals surface area contributed by atoms with Gasteiger partial charge in [0.25, 0.3) is 0 Å². The highest BCUT2D eigenvalue weighted by atomic mass is 32.2. The van der Waals surface area contributed by atoms with Crippen molar-refractivity contribution >= 4 is 23.4 Å². The third-order valence-electron chi connectivity index (χ3n) is 2.95. The Morgan fingerprint density at radius 2 is 2.11 bits per heavy atom. The molecule has 0 aliphatic heterocycles. The van der Waals surface area contributed by atoms with E-state index in [9.17, 15) is 4.79 Å². The van der Waals surface area contributed by atoms with E-state index in [4.69, 9.17) is 5.73 Å². The molecule has 1 aromatic rings. The molecule has 0 aromatic heterocycles. The summed E-state index contributed by atoms with van der Waals surface area (Å²) in [6.07, 6.45) is 2.09. The summed E-state index contributed by atoms with van der Waals surface area (Å²) in [5.41, 5.74) is 7.84. The highest BCUT2D eigenvalue weighted by molar-refractivity contribution is 8.00. The maximum atomic E-state index is 12.0. The van der Waals surface area contributed by atoms with E-state index in [0.717, 1.165) is 29.0 Å². The third-order valence-corrected chi connectivity index (χ3v) is 4.14. The van der Waals surface area contributed by atoms with Crippen LogP contribution in [-0.2, 0) is 4.79 Å². The Kier molecular flexibility index (Phi) is 6.22. The number of nitrogen functional groups attached to an aromatic ring is 1. The Hall–Kier alpha value is -1.16. The summed E-state index contributed by atoms with van der Waals surface area (Å²) in [7, 11) is 0. The first-order valence-electron chi connectivity index (χ1n) is 6.77. The van der Waals surface area contributed by atoms with E-state index in [-0.39, 0.29) is 17.2 Å². The van der Waals surface area contributed by atoms with Gasteiger partial charge in [-0.2, -0.15) is 0 Å². The number of hydrogen-bond acceptors (Lipinski definition) is 3. The highest BCUT2D eigenvalue weighted by Crippen LogP contribution is 2.29. The van der Waals surface area contributed by atoms with Crippen LogP contribution in [0.5, 0.6) is 0 Å². The number of nitrogens with one attached hydrogen (secondary N) is 1. The number of carbonyl (C=O) groups is 1. The Labute approximate surface area is 120 Å². The van der Waals surface area contributed by atoms with Gasteiger partial charge in [0.1, 0.15) is 0 Å². The van der Waals surface area contributed by atoms with Gasteiger partial charge in [0.2, 0.25) is 5.91 Å². The van der Waals surface area contributed by atoms with Crippen molar-refractivity contribution in [2.24, 2.45) is 0 Å². The lowest BCUT2D eigenvalue weighted by atomic mass is 10.2. The zero-order valence-corrected chi connectivity index (χ0v) is 13.0. The van der Waals surface area contributed by atoms with E-state index in [1.165, 1.54) is 11.8 Å². The Balaban J connectivity index is 2.58. The van der Waals surface area contributed by atoms with Gasteiger partial charge in [-0.05, 0) is 44.9 Å². The van der Waals surface area contributed by atoms with Crippen LogP contribution in [0.1, 0.15) is 39.2 Å². The van der Waals surface area contributed by atoms with Crippen molar-refractivity contribution < 1.29 is 4.79 Å². The van der Waals surface area contributed by atoms with Gasteiger partial charge >= 0.3 is 0 Å². The van der Waals surface area contributed by atoms with E-state index in [1.807, 2.05) is 39.0 Å². The van der Waals surface area contributed by atoms with Crippen LogP contribution < -0.4 is 11.1 Å². The van der Waals surface area contributed by atoms with Crippen molar-refractivity contribution in [2.75, 3.05) is 5.73 Å². The standard InChI is InChI=1S/C15H24N2OS/c1-5-6-11(3)17-15(18)12(4)19-14-8-7-10(2)9-13(14)16/h7-9,11-12H,5-6,16H2,1-4H3,(H,17,18). The molecule has 0 spiro atoms. The van der Waals surface area contributed by atoms with Gasteiger partial charge in [0.15, 0.2) is 0 Å². The van der Waals surface area contributed by atoms with Gasteiger partial charge < -0.3 is 11.1 Å². The summed E-state index contributed by atoms with van der Waals surface area (Å²) in [5.74, 6) is 0.0749. The molecule has 2 atom stereocenters. The molecule has 1 aromatic carbocycles. The molecule has 0 heterocycles. The molecule has 0 aliphatic rings. The topological polar surface area (TPSA) is 55.1 Å². The van der Waals surface area contributed by atoms with Crippen LogP contribution >= 0.6 is 11.8 Å². The van der Waals surface area contributed by atoms with Gasteiger partial charge in [-0.15, -0.1) is 11.8 Å². The van der Waals surface area contributed by atoms with Crippen molar-refractivity contribution in [3.05, 3.63) is 23.8 Å². The molecule has 3 nitrogen and oxygen atoms in total. The van der Waals surface area contributed by atoms with Crippen LogP contribution in [-0.4, -0.2) is 17.2 Å². The number of rotatable bonds is 6. The molecular weight excluding hydrogens is 256 g/mol. The number of hydrogen-bond donors (Lipinski definition) is 2. The molecule has 106 valence electrons. The summed E-state index contributed by atoms with van der Waals surface area (Å²) < 4.78 is 0. The largest absolute Gasteiger partial charge is 0.398 e. The van der Waals surface area contributed by atoms with E-state index >= 15 is 0 Å². The number of nitrogens with two attached hydrogens (primary N) is 1. The molecule has 0 radical (unpaired) electrons. The Bertz CT molecular complexity index is 434. The van der Waals surface area contributed by atoms with Crippen LogP contribution in [0.4, 0.5) is 5.69 Å². The average molecular weight is 280 g/mol. The summed E-state index contributed by atoms with van der Waals surface area (Å²) in [4.78, 5) is 13.0. The molecule has 3 N–H and O–H groups in total. The van der Waals surface area contributed by atoms with Gasteiger partial charge in [-0.25, -0.2) is 0 Å². The molecule has 1 amide bonds. The molecule has 0 saturated heterocycles. The van der Waals surface area contributed by atoms with Crippen LogP contribution in [0, 0.1) is 6.92 Å². The van der Waals surface area contributed by atoms with E-state index in [0.29, 0.717) is 0 Å². The Morgan fingerprint density at radius 1 is 1.42 bits per heavy atom. The molecule has 0 bridgehead atoms. The molecular formula is C15H24N2OS. The number of amides is 1. The first kappa shape index (κ1) is 15.9. The second-order valence-electron chi connectivity index (χ2n) is 5.00. The number of thioether (sulfide) groups is 1. The lowest BCUT2D eigenvalue weighted by molar-refractivity contribution is -0.120. The first-order valence-corrected chi connectivity index (χ1v) is 7.65. The van der Waals surface area contributed by atoms with Crippen molar-refractivity contribution in [2.45, 2.75) is 56.7 Å². The first-order chi connectivity index (χ1) is 8.93. The SMILES string of the molecule is CCCC(C)NC(=O)C(C)Sc1ccc(C)cc1N. The molecule has 1 rings (SSSR count). The fourth-order valence-corrected chi connectivity index (χ4v) is 2.78. The normalized spacial score (nSPS) is 13.9. The zero-order valence-electron chi connectivity index (χ0n) is 12.2. The molecule has 2 unspecified atom stereocenters. The summed E-state index contributed by atoms with van der Waals surface area (Å²) in [6.45, 7) is 8.08. The predicted octanol–water partition coefficient (Wildman–Crippen LogP) is 3.36. The van der Waals surface area contributed by atoms with Crippen LogP contribution in [0.2, 0.25) is 0 Å². The number of carbonyl (C=O) groups excluding carboxylic acids is 1. The Morgan fingerprint density at radius 3 is 2.68 bits per heavy atom. The quantitative estimate of drug-likeness (QED) is 0.620. The fourth-order valence-electron chi connectivity index (χ4n) is 1.88. The molecule has 19 heavy (non-hydrogen) atoms. The number of anilines is 1. The second kappa shape index (κ2) is 7.43. The third kappa shape index (κ3) is 5.15. The van der Waals surface area contributed by atoms with Crippen molar-refractivity contribution in [3.63, 3.8) is 0 Å². The maximum absolute atomic E-state index is 12.0. The summed E-state index contributed by atoms with van der Waals surface area (Å²) >= 11 is 1.51. The van der Waals surface area contributed by atoms with Crippen molar-refractivity contribution in [1.29, 1.82) is 0 Å². The average Bonchev–Trinajstić information content (AvgIpc) is 2.32. The smallest absolute Gasteiger partial charge is 0.233 e. The maximum Gasteiger partial charge on any atom is 0.233 e. The van der Waals surface area contributed by atoms with E-state index in [2.05, 4.69) is 12.2 Å². The van der Waals surface area contributed by atoms with Crippen LogP contribution in [0.25, 0.3) is 0 Å². The molecule has 0 saturated carbocycles. The molecule has 0 fully saturated rings. The van der Waals surface area contributed by atoms with Crippen molar-refractivity contribution in [1.82, 2.24) is 5.32 Å². The molecule has 0 aliphatic carbocycles. The van der Waals surface area contributed by atoms with Gasteiger partial charge in [0.05, 0.1) is 5.25 Å². The second-order valence-corrected chi connectivity index (χ2v) is 6.38. The fraction of sp³-hybridized carbons (Fsp3) is 0.533. The highest BCUT2D eigenvalue weighted by Gasteiger charge is 2.17. The minimum atomic E-state index is -0.135. The lowest BCUT2D eigenvalue weighted by Crippen LogP contribution is -2.37. The van der Waals surface area contributed by atoms with Gasteiger partial charge in [-0.3, -0.25) is 4.79 Å².